The molecule has 0 saturated carbocycles. The van der Waals surface area contributed by atoms with Gasteiger partial charge in [-0.15, -0.1) is 0 Å². The van der Waals surface area contributed by atoms with Crippen LogP contribution in [0.2, 0.25) is 0 Å². The number of nitrogens with zero attached hydrogens (tertiary/aromatic N) is 2. The van der Waals surface area contributed by atoms with Crippen molar-refractivity contribution in [3.05, 3.63) is 60.2 Å². The average Bonchev–Trinajstić information content (AvgIpc) is 2.95. The smallest absolute Gasteiger partial charge is 0.169 e. The third-order valence-corrected chi connectivity index (χ3v) is 9.90. The van der Waals surface area contributed by atoms with E-state index in [1.165, 1.54) is 151 Å². The Bertz CT molecular complexity index is 720. The first-order chi connectivity index (χ1) is 18.8. The summed E-state index contributed by atoms with van der Waals surface area (Å²) < 4.78 is 4.73. The van der Waals surface area contributed by atoms with Crippen LogP contribution in [-0.4, -0.2) is 11.5 Å². The molecule has 0 unspecified atom stereocenters. The van der Waals surface area contributed by atoms with E-state index in [1.54, 1.807) is 0 Å². The molecule has 0 spiro atoms. The van der Waals surface area contributed by atoms with Gasteiger partial charge in [0.1, 0.15) is 13.1 Å². The molecule has 0 amide bonds. The van der Waals surface area contributed by atoms with Gasteiger partial charge in [-0.1, -0.05) is 112 Å². The standard InChI is InChI=1S/C34H58N2S2.2BrH/c1-3-5-7-9-11-13-15-17-25-35-27-19-33(20-28-35)23-31-37-38-32-24-34-21-29-36(30-22-34)26-18-16-14-12-10-8-6-4-2;;/h19-22,27-30H,3-18,23-26,31-32H2,1-2H3;2*1H/q+2;;/p-2. The van der Waals surface area contributed by atoms with E-state index in [-0.39, 0.29) is 34.0 Å². The molecule has 0 saturated heterocycles. The maximum Gasteiger partial charge on any atom is 0.169 e. The number of aryl methyl sites for hydroxylation is 4. The van der Waals surface area contributed by atoms with Gasteiger partial charge in [-0.25, -0.2) is 9.13 Å². The second-order valence-corrected chi connectivity index (χ2v) is 13.7. The molecule has 0 aliphatic rings. The fraction of sp³-hybridized carbons (Fsp3) is 0.706. The number of halogens is 2. The second kappa shape index (κ2) is 29.1. The van der Waals surface area contributed by atoms with Gasteiger partial charge < -0.3 is 34.0 Å². The Balaban J connectivity index is 0.00000760. The zero-order valence-electron chi connectivity index (χ0n) is 25.6. The summed E-state index contributed by atoms with van der Waals surface area (Å²) in [5, 5.41) is 0. The van der Waals surface area contributed by atoms with Gasteiger partial charge in [0.05, 0.1) is 0 Å². The van der Waals surface area contributed by atoms with Gasteiger partial charge in [-0.2, -0.15) is 0 Å². The first-order valence-electron chi connectivity index (χ1n) is 16.0. The Morgan fingerprint density at radius 1 is 0.450 bits per heavy atom. The predicted octanol–water partition coefficient (Wildman–Crippen LogP) is 3.72. The summed E-state index contributed by atoms with van der Waals surface area (Å²) in [4.78, 5) is 0. The fourth-order valence-electron chi connectivity index (χ4n) is 4.90. The molecule has 0 fully saturated rings. The summed E-state index contributed by atoms with van der Waals surface area (Å²) in [5.74, 6) is 2.39. The van der Waals surface area contributed by atoms with E-state index in [1.807, 2.05) is 21.6 Å². The monoisotopic (exact) mass is 716 g/mol. The SMILES string of the molecule is CCCCCCCCCC[n+]1ccc(CCSSCCc2cc[n+](CCCCCCCCCC)cc2)cc1.[Br-].[Br-]. The van der Waals surface area contributed by atoms with Gasteiger partial charge in [0.15, 0.2) is 24.8 Å². The third kappa shape index (κ3) is 21.6. The molecule has 2 aromatic rings. The molecule has 2 heterocycles. The highest BCUT2D eigenvalue weighted by atomic mass is 79.9. The van der Waals surface area contributed by atoms with Crippen molar-refractivity contribution >= 4 is 21.6 Å². The molecular formula is C34H58Br2N2S2. The van der Waals surface area contributed by atoms with Crippen LogP contribution in [0.25, 0.3) is 0 Å². The summed E-state index contributed by atoms with van der Waals surface area (Å²) in [6.07, 6.45) is 33.7. The zero-order valence-corrected chi connectivity index (χ0v) is 30.4. The van der Waals surface area contributed by atoms with Gasteiger partial charge >= 0.3 is 0 Å². The van der Waals surface area contributed by atoms with E-state index in [4.69, 9.17) is 0 Å². The first-order valence-corrected chi connectivity index (χ1v) is 18.5. The number of hydrogen-bond donors (Lipinski definition) is 0. The Hall–Kier alpha value is -0.0400. The summed E-state index contributed by atoms with van der Waals surface area (Å²) >= 11 is 0. The van der Waals surface area contributed by atoms with E-state index < -0.39 is 0 Å². The zero-order chi connectivity index (χ0) is 26.9. The van der Waals surface area contributed by atoms with Crippen LogP contribution in [0.1, 0.15) is 128 Å². The van der Waals surface area contributed by atoms with Crippen LogP contribution in [0.3, 0.4) is 0 Å². The highest BCUT2D eigenvalue weighted by Gasteiger charge is 2.04. The molecule has 2 aromatic heterocycles. The summed E-state index contributed by atoms with van der Waals surface area (Å²) in [5.41, 5.74) is 2.93. The second-order valence-electron chi connectivity index (χ2n) is 11.0. The fourth-order valence-corrected chi connectivity index (χ4v) is 6.98. The molecule has 0 aromatic carbocycles. The van der Waals surface area contributed by atoms with Crippen LogP contribution in [0.4, 0.5) is 0 Å². The maximum absolute atomic E-state index is 2.36. The van der Waals surface area contributed by atoms with Gasteiger partial charge in [-0.3, -0.25) is 0 Å². The van der Waals surface area contributed by atoms with Crippen molar-refractivity contribution in [2.75, 3.05) is 11.5 Å². The van der Waals surface area contributed by atoms with E-state index in [0.29, 0.717) is 0 Å². The topological polar surface area (TPSA) is 7.76 Å². The van der Waals surface area contributed by atoms with Crippen molar-refractivity contribution in [3.63, 3.8) is 0 Å². The van der Waals surface area contributed by atoms with E-state index in [2.05, 4.69) is 72.0 Å². The number of hydrogen-bond acceptors (Lipinski definition) is 2. The lowest BCUT2D eigenvalue weighted by Crippen LogP contribution is -3.00. The lowest BCUT2D eigenvalue weighted by Gasteiger charge is -2.04. The van der Waals surface area contributed by atoms with Crippen LogP contribution < -0.4 is 43.1 Å². The molecule has 0 aliphatic heterocycles. The van der Waals surface area contributed by atoms with Gasteiger partial charge in [0.2, 0.25) is 0 Å². The quantitative estimate of drug-likeness (QED) is 0.0880. The van der Waals surface area contributed by atoms with Crippen LogP contribution >= 0.6 is 21.6 Å². The minimum absolute atomic E-state index is 0. The van der Waals surface area contributed by atoms with Crippen LogP contribution in [-0.2, 0) is 25.9 Å². The summed E-state index contributed by atoms with van der Waals surface area (Å²) in [6.45, 7) is 6.91. The first kappa shape index (κ1) is 40.0. The van der Waals surface area contributed by atoms with Crippen molar-refractivity contribution in [1.82, 2.24) is 0 Å². The minimum atomic E-state index is 0. The average molecular weight is 719 g/mol. The van der Waals surface area contributed by atoms with Crippen molar-refractivity contribution in [2.24, 2.45) is 0 Å². The van der Waals surface area contributed by atoms with Crippen molar-refractivity contribution in [1.29, 1.82) is 0 Å². The third-order valence-electron chi connectivity index (χ3n) is 7.49. The summed E-state index contributed by atoms with van der Waals surface area (Å²) in [6, 6.07) is 9.29. The molecule has 0 aliphatic carbocycles. The molecule has 6 heteroatoms. The highest BCUT2D eigenvalue weighted by molar-refractivity contribution is 8.76. The molecule has 230 valence electrons. The molecule has 0 bridgehead atoms. The molecule has 2 rings (SSSR count). The van der Waals surface area contributed by atoms with Crippen LogP contribution in [0.5, 0.6) is 0 Å². The Morgan fingerprint density at radius 3 is 1.07 bits per heavy atom. The molecular weight excluding hydrogens is 660 g/mol. The Kier molecular flexibility index (Phi) is 29.0. The Labute approximate surface area is 277 Å². The number of unbranched alkanes of at least 4 members (excludes halogenated alkanes) is 14. The Morgan fingerprint density at radius 2 is 0.750 bits per heavy atom. The minimum Gasteiger partial charge on any atom is -1.00 e. The molecule has 2 nitrogen and oxygen atoms in total. The molecule has 40 heavy (non-hydrogen) atoms. The lowest BCUT2D eigenvalue weighted by molar-refractivity contribution is -0.697. The van der Waals surface area contributed by atoms with Crippen LogP contribution in [0.15, 0.2) is 49.1 Å². The largest absolute Gasteiger partial charge is 1.00 e. The molecule has 0 radical (unpaired) electrons. The van der Waals surface area contributed by atoms with Crippen molar-refractivity contribution in [3.8, 4) is 0 Å². The van der Waals surface area contributed by atoms with Gasteiger partial charge in [-0.05, 0) is 36.8 Å². The lowest BCUT2D eigenvalue weighted by atomic mass is 10.1. The number of aromatic nitrogens is 2. The number of rotatable bonds is 25. The highest BCUT2D eigenvalue weighted by Crippen LogP contribution is 2.23. The maximum atomic E-state index is 2.36. The van der Waals surface area contributed by atoms with Gasteiger partial charge in [0, 0.05) is 48.6 Å². The van der Waals surface area contributed by atoms with E-state index in [9.17, 15) is 0 Å². The van der Waals surface area contributed by atoms with E-state index in [0.717, 1.165) is 0 Å². The van der Waals surface area contributed by atoms with Crippen LogP contribution in [0, 0.1) is 0 Å². The molecule has 0 N–H and O–H groups in total. The number of pyridine rings is 2. The molecule has 0 atom stereocenters. The normalized spacial score (nSPS) is 10.8. The van der Waals surface area contributed by atoms with Crippen molar-refractivity contribution < 1.29 is 43.1 Å². The van der Waals surface area contributed by atoms with Crippen molar-refractivity contribution in [2.45, 2.75) is 143 Å². The predicted molar refractivity (Wildman–Crippen MR) is 171 cm³/mol. The summed E-state index contributed by atoms with van der Waals surface area (Å²) in [7, 11) is 4.05. The van der Waals surface area contributed by atoms with Gasteiger partial charge in [0.25, 0.3) is 0 Å². The van der Waals surface area contributed by atoms with E-state index >= 15 is 0 Å².